The molecule has 0 radical (unpaired) electrons. The van der Waals surface area contributed by atoms with E-state index >= 15 is 0 Å². The highest BCUT2D eigenvalue weighted by molar-refractivity contribution is 7.99. The lowest BCUT2D eigenvalue weighted by Crippen LogP contribution is -2.07. The van der Waals surface area contributed by atoms with Gasteiger partial charge in [0.15, 0.2) is 0 Å². The van der Waals surface area contributed by atoms with Gasteiger partial charge in [0.05, 0.1) is 17.0 Å². The van der Waals surface area contributed by atoms with Crippen molar-refractivity contribution < 1.29 is 0 Å². The first-order valence-electron chi connectivity index (χ1n) is 6.16. The SMILES string of the molecule is NCc1cccn2c(C3CCCCS3)ncc12. The summed E-state index contributed by atoms with van der Waals surface area (Å²) in [7, 11) is 0. The van der Waals surface area contributed by atoms with Gasteiger partial charge in [-0.05, 0) is 30.2 Å². The van der Waals surface area contributed by atoms with Crippen molar-refractivity contribution in [3.63, 3.8) is 0 Å². The Morgan fingerprint density at radius 3 is 3.18 bits per heavy atom. The summed E-state index contributed by atoms with van der Waals surface area (Å²) in [5.74, 6) is 2.45. The lowest BCUT2D eigenvalue weighted by molar-refractivity contribution is 0.660. The van der Waals surface area contributed by atoms with Crippen LogP contribution in [0, 0.1) is 0 Å². The minimum absolute atomic E-state index is 0.555. The molecule has 3 heterocycles. The smallest absolute Gasteiger partial charge is 0.126 e. The quantitative estimate of drug-likeness (QED) is 0.887. The van der Waals surface area contributed by atoms with Crippen molar-refractivity contribution in [1.82, 2.24) is 9.38 Å². The predicted molar refractivity (Wildman–Crippen MR) is 72.1 cm³/mol. The molecule has 0 bridgehead atoms. The van der Waals surface area contributed by atoms with Gasteiger partial charge in [-0.3, -0.25) is 0 Å². The van der Waals surface area contributed by atoms with E-state index in [2.05, 4.69) is 27.7 Å². The van der Waals surface area contributed by atoms with E-state index in [1.807, 2.05) is 18.0 Å². The van der Waals surface area contributed by atoms with Crippen LogP contribution in [0.25, 0.3) is 5.52 Å². The van der Waals surface area contributed by atoms with Gasteiger partial charge in [-0.25, -0.2) is 4.98 Å². The van der Waals surface area contributed by atoms with Gasteiger partial charge in [-0.15, -0.1) is 0 Å². The van der Waals surface area contributed by atoms with Crippen LogP contribution >= 0.6 is 11.8 Å². The Morgan fingerprint density at radius 1 is 1.47 bits per heavy atom. The third-order valence-electron chi connectivity index (χ3n) is 3.37. The minimum atomic E-state index is 0.555. The fourth-order valence-corrected chi connectivity index (χ4v) is 3.77. The molecule has 0 amide bonds. The second-order valence-corrected chi connectivity index (χ2v) is 5.78. The van der Waals surface area contributed by atoms with Crippen molar-refractivity contribution in [2.45, 2.75) is 31.1 Å². The summed E-state index contributed by atoms with van der Waals surface area (Å²) in [6.45, 7) is 0.577. The highest BCUT2D eigenvalue weighted by Gasteiger charge is 2.20. The van der Waals surface area contributed by atoms with Gasteiger partial charge in [-0.1, -0.05) is 12.5 Å². The third kappa shape index (κ3) is 1.96. The molecule has 1 aliphatic rings. The number of hydrogen-bond donors (Lipinski definition) is 1. The second kappa shape index (κ2) is 4.70. The van der Waals surface area contributed by atoms with Crippen molar-refractivity contribution in [3.05, 3.63) is 35.9 Å². The average Bonchev–Trinajstić information content (AvgIpc) is 2.83. The van der Waals surface area contributed by atoms with Crippen LogP contribution in [-0.4, -0.2) is 15.1 Å². The van der Waals surface area contributed by atoms with Gasteiger partial charge in [0.1, 0.15) is 5.82 Å². The van der Waals surface area contributed by atoms with Crippen molar-refractivity contribution in [2.75, 3.05) is 5.75 Å². The monoisotopic (exact) mass is 247 g/mol. The van der Waals surface area contributed by atoms with E-state index in [1.54, 1.807) is 0 Å². The van der Waals surface area contributed by atoms with Gasteiger partial charge >= 0.3 is 0 Å². The Labute approximate surface area is 105 Å². The summed E-state index contributed by atoms with van der Waals surface area (Å²) in [6, 6.07) is 4.14. The molecule has 0 spiro atoms. The summed E-state index contributed by atoms with van der Waals surface area (Å²) in [4.78, 5) is 4.61. The Bertz CT molecular complexity index is 514. The van der Waals surface area contributed by atoms with Crippen LogP contribution in [0.5, 0.6) is 0 Å². The minimum Gasteiger partial charge on any atom is -0.326 e. The molecular formula is C13H17N3S. The van der Waals surface area contributed by atoms with E-state index in [0.717, 1.165) is 5.52 Å². The van der Waals surface area contributed by atoms with Crippen molar-refractivity contribution in [1.29, 1.82) is 0 Å². The number of pyridine rings is 1. The van der Waals surface area contributed by atoms with Crippen molar-refractivity contribution in [2.24, 2.45) is 5.73 Å². The van der Waals surface area contributed by atoms with Crippen LogP contribution in [0.2, 0.25) is 0 Å². The van der Waals surface area contributed by atoms with Gasteiger partial charge in [0, 0.05) is 12.7 Å². The van der Waals surface area contributed by atoms with E-state index in [0.29, 0.717) is 11.8 Å². The Hall–Kier alpha value is -1.00. The molecule has 0 aromatic carbocycles. The molecule has 2 aromatic heterocycles. The number of imidazole rings is 1. The predicted octanol–water partition coefficient (Wildman–Crippen LogP) is 2.75. The summed E-state index contributed by atoms with van der Waals surface area (Å²) in [6.07, 6.45) is 7.98. The number of fused-ring (bicyclic) bond motifs is 1. The van der Waals surface area contributed by atoms with Crippen LogP contribution < -0.4 is 5.73 Å². The zero-order chi connectivity index (χ0) is 11.7. The fraction of sp³-hybridized carbons (Fsp3) is 0.462. The van der Waals surface area contributed by atoms with Crippen LogP contribution in [-0.2, 0) is 6.54 Å². The lowest BCUT2D eigenvalue weighted by Gasteiger charge is -2.20. The third-order valence-corrected chi connectivity index (χ3v) is 4.75. The van der Waals surface area contributed by atoms with E-state index in [4.69, 9.17) is 5.73 Å². The summed E-state index contributed by atoms with van der Waals surface area (Å²) < 4.78 is 2.21. The van der Waals surface area contributed by atoms with Crippen LogP contribution in [0.15, 0.2) is 24.5 Å². The summed E-state index contributed by atoms with van der Waals surface area (Å²) in [5, 5.41) is 0.555. The zero-order valence-electron chi connectivity index (χ0n) is 9.80. The van der Waals surface area contributed by atoms with E-state index in [-0.39, 0.29) is 0 Å². The summed E-state index contributed by atoms with van der Waals surface area (Å²) in [5.41, 5.74) is 8.09. The molecule has 90 valence electrons. The molecule has 1 saturated heterocycles. The lowest BCUT2D eigenvalue weighted by atomic mass is 10.2. The Kier molecular flexibility index (Phi) is 3.07. The molecule has 1 aliphatic heterocycles. The van der Waals surface area contributed by atoms with Crippen LogP contribution in [0.3, 0.4) is 0 Å². The standard InChI is InChI=1S/C13H17N3S/c14-8-10-4-3-6-16-11(10)9-15-13(16)12-5-1-2-7-17-12/h3-4,6,9,12H,1-2,5,7-8,14H2. The first-order chi connectivity index (χ1) is 8.40. The van der Waals surface area contributed by atoms with E-state index < -0.39 is 0 Å². The highest BCUT2D eigenvalue weighted by Crippen LogP contribution is 2.37. The maximum atomic E-state index is 5.76. The second-order valence-electron chi connectivity index (χ2n) is 4.46. The van der Waals surface area contributed by atoms with Crippen molar-refractivity contribution >= 4 is 17.3 Å². The number of nitrogens with zero attached hydrogens (tertiary/aromatic N) is 2. The largest absolute Gasteiger partial charge is 0.326 e. The summed E-state index contributed by atoms with van der Waals surface area (Å²) >= 11 is 2.03. The first-order valence-corrected chi connectivity index (χ1v) is 7.21. The number of hydrogen-bond acceptors (Lipinski definition) is 3. The maximum Gasteiger partial charge on any atom is 0.126 e. The molecule has 2 aromatic rings. The molecule has 3 nitrogen and oxygen atoms in total. The molecule has 1 unspecified atom stereocenters. The Morgan fingerprint density at radius 2 is 2.41 bits per heavy atom. The Balaban J connectivity index is 2.05. The average molecular weight is 247 g/mol. The number of aromatic nitrogens is 2. The highest BCUT2D eigenvalue weighted by atomic mass is 32.2. The molecule has 0 aliphatic carbocycles. The topological polar surface area (TPSA) is 43.3 Å². The van der Waals surface area contributed by atoms with Gasteiger partial charge in [0.25, 0.3) is 0 Å². The van der Waals surface area contributed by atoms with Gasteiger partial charge in [0.2, 0.25) is 0 Å². The molecule has 2 N–H and O–H groups in total. The molecule has 17 heavy (non-hydrogen) atoms. The molecule has 1 atom stereocenters. The number of nitrogens with two attached hydrogens (primary N) is 1. The maximum absolute atomic E-state index is 5.76. The molecule has 0 saturated carbocycles. The zero-order valence-corrected chi connectivity index (χ0v) is 10.6. The molecular weight excluding hydrogens is 230 g/mol. The number of thioether (sulfide) groups is 1. The number of rotatable bonds is 2. The first kappa shape index (κ1) is 11.1. The van der Waals surface area contributed by atoms with Gasteiger partial charge in [-0.2, -0.15) is 11.8 Å². The van der Waals surface area contributed by atoms with E-state index in [9.17, 15) is 0 Å². The molecule has 3 rings (SSSR count). The van der Waals surface area contributed by atoms with Crippen LogP contribution in [0.1, 0.15) is 35.9 Å². The van der Waals surface area contributed by atoms with Gasteiger partial charge < -0.3 is 10.1 Å². The fourth-order valence-electron chi connectivity index (χ4n) is 2.46. The van der Waals surface area contributed by atoms with Crippen LogP contribution in [0.4, 0.5) is 0 Å². The van der Waals surface area contributed by atoms with E-state index in [1.165, 1.54) is 36.4 Å². The molecule has 4 heteroatoms. The van der Waals surface area contributed by atoms with Crippen molar-refractivity contribution in [3.8, 4) is 0 Å². The molecule has 1 fully saturated rings. The normalized spacial score (nSPS) is 20.9.